The van der Waals surface area contributed by atoms with Gasteiger partial charge in [-0.3, -0.25) is 0 Å². The minimum Gasteiger partial charge on any atom is -0.219 e. The molecule has 0 saturated heterocycles. The summed E-state index contributed by atoms with van der Waals surface area (Å²) in [5.74, 6) is 1.22. The molecule has 0 radical (unpaired) electrons. The molecule has 0 amide bonds. The summed E-state index contributed by atoms with van der Waals surface area (Å²) in [7, 11) is 0. The van der Waals surface area contributed by atoms with E-state index in [2.05, 4.69) is 40.1 Å². The molecule has 3 aromatic heterocycles. The smallest absolute Gasteiger partial charge is 0.219 e. The lowest BCUT2D eigenvalue weighted by Crippen LogP contribution is -2.09. The summed E-state index contributed by atoms with van der Waals surface area (Å²) in [5.41, 5.74) is 2.15. The van der Waals surface area contributed by atoms with Crippen LogP contribution in [-0.2, 0) is 12.8 Å². The fourth-order valence-corrected chi connectivity index (χ4v) is 2.19. The third kappa shape index (κ3) is 1.98. The molecule has 0 aliphatic rings. The third-order valence-corrected chi connectivity index (χ3v) is 3.17. The fourth-order valence-electron chi connectivity index (χ4n) is 2.02. The Hall–Kier alpha value is -1.95. The van der Waals surface area contributed by atoms with Gasteiger partial charge in [-0.25, -0.2) is 4.68 Å². The number of aromatic nitrogens is 6. The zero-order valence-corrected chi connectivity index (χ0v) is 11.5. The van der Waals surface area contributed by atoms with Crippen molar-refractivity contribution < 1.29 is 0 Å². The average molecular weight is 277 g/mol. The Balaban J connectivity index is 2.28. The lowest BCUT2D eigenvalue weighted by molar-refractivity contribution is 0.733. The Morgan fingerprint density at radius 3 is 2.79 bits per heavy atom. The van der Waals surface area contributed by atoms with Crippen LogP contribution in [0.1, 0.15) is 25.2 Å². The summed E-state index contributed by atoms with van der Waals surface area (Å²) in [4.78, 5) is 8.18. The molecule has 3 heterocycles. The van der Waals surface area contributed by atoms with Crippen LogP contribution in [0, 0.1) is 0 Å². The first-order chi connectivity index (χ1) is 9.22. The van der Waals surface area contributed by atoms with E-state index in [0.717, 1.165) is 30.0 Å². The molecule has 0 aliphatic carbocycles. The number of rotatable bonds is 3. The molecule has 6 nitrogen and oxygen atoms in total. The normalized spacial score (nSPS) is 11.3. The van der Waals surface area contributed by atoms with E-state index >= 15 is 0 Å². The molecule has 0 saturated carbocycles. The first-order valence-corrected chi connectivity index (χ1v) is 6.55. The summed E-state index contributed by atoms with van der Waals surface area (Å²) in [6, 6.07) is 3.84. The molecule has 98 valence electrons. The lowest BCUT2D eigenvalue weighted by atomic mass is 10.2. The maximum Gasteiger partial charge on any atom is 0.255 e. The number of aryl methyl sites for hydroxylation is 2. The summed E-state index contributed by atoms with van der Waals surface area (Å²) >= 11 is 6.03. The van der Waals surface area contributed by atoms with E-state index in [9.17, 15) is 0 Å². The van der Waals surface area contributed by atoms with Crippen LogP contribution in [0.3, 0.4) is 0 Å². The molecule has 0 atom stereocenters. The van der Waals surface area contributed by atoms with Gasteiger partial charge in [-0.05, 0) is 18.9 Å². The summed E-state index contributed by atoms with van der Waals surface area (Å²) < 4.78 is 3.49. The second kappa shape index (κ2) is 4.62. The highest BCUT2D eigenvalue weighted by atomic mass is 35.5. The van der Waals surface area contributed by atoms with Gasteiger partial charge in [0, 0.05) is 11.8 Å². The number of nitrogens with zero attached hydrogens (tertiary/aromatic N) is 6. The quantitative estimate of drug-likeness (QED) is 0.687. The van der Waals surface area contributed by atoms with Gasteiger partial charge >= 0.3 is 0 Å². The van der Waals surface area contributed by atoms with Gasteiger partial charge in [0.25, 0.3) is 5.78 Å². The maximum atomic E-state index is 6.03. The van der Waals surface area contributed by atoms with Crippen molar-refractivity contribution in [3.05, 3.63) is 35.0 Å². The first kappa shape index (κ1) is 12.1. The van der Waals surface area contributed by atoms with Crippen molar-refractivity contribution >= 4 is 17.4 Å². The molecular weight excluding hydrogens is 264 g/mol. The Bertz CT molecular complexity index is 729. The molecule has 7 heteroatoms. The monoisotopic (exact) mass is 276 g/mol. The topological polar surface area (TPSA) is 60.9 Å². The second-order valence-corrected chi connectivity index (χ2v) is 4.54. The highest BCUT2D eigenvalue weighted by molar-refractivity contribution is 6.29. The van der Waals surface area contributed by atoms with Crippen LogP contribution in [0.5, 0.6) is 0 Å². The number of fused-ring (bicyclic) bond motifs is 1. The van der Waals surface area contributed by atoms with E-state index in [1.807, 2.05) is 4.68 Å². The second-order valence-electron chi connectivity index (χ2n) is 4.15. The molecule has 0 aliphatic heterocycles. The molecule has 0 fully saturated rings. The predicted octanol–water partition coefficient (Wildman–Crippen LogP) is 2.09. The van der Waals surface area contributed by atoms with E-state index < -0.39 is 0 Å². The van der Waals surface area contributed by atoms with E-state index in [0.29, 0.717) is 10.9 Å². The predicted molar refractivity (Wildman–Crippen MR) is 71.7 cm³/mol. The maximum absolute atomic E-state index is 6.03. The molecule has 3 aromatic rings. The van der Waals surface area contributed by atoms with Crippen molar-refractivity contribution in [1.82, 2.24) is 29.4 Å². The molecule has 3 rings (SSSR count). The van der Waals surface area contributed by atoms with Gasteiger partial charge in [-0.2, -0.15) is 24.7 Å². The SMILES string of the molecule is CCc1cc(CC)n(-c2cc(Cl)nc3ncnn23)n1. The third-order valence-electron chi connectivity index (χ3n) is 2.98. The van der Waals surface area contributed by atoms with Crippen LogP contribution in [0.15, 0.2) is 18.5 Å². The minimum atomic E-state index is 0.381. The number of hydrogen-bond donors (Lipinski definition) is 0. The van der Waals surface area contributed by atoms with Gasteiger partial charge in [0.2, 0.25) is 0 Å². The molecule has 0 aromatic carbocycles. The van der Waals surface area contributed by atoms with E-state index in [-0.39, 0.29) is 0 Å². The van der Waals surface area contributed by atoms with Crippen LogP contribution in [0.25, 0.3) is 11.6 Å². The van der Waals surface area contributed by atoms with Crippen molar-refractivity contribution in [1.29, 1.82) is 0 Å². The van der Waals surface area contributed by atoms with Crippen LogP contribution in [-0.4, -0.2) is 29.4 Å². The van der Waals surface area contributed by atoms with Gasteiger partial charge < -0.3 is 0 Å². The van der Waals surface area contributed by atoms with Gasteiger partial charge in [-0.1, -0.05) is 25.4 Å². The molecule has 0 bridgehead atoms. The lowest BCUT2D eigenvalue weighted by Gasteiger charge is -2.07. The van der Waals surface area contributed by atoms with Gasteiger partial charge in [0.15, 0.2) is 5.82 Å². The molecule has 0 spiro atoms. The Labute approximate surface area is 115 Å². The van der Waals surface area contributed by atoms with E-state index in [1.165, 1.54) is 6.33 Å². The van der Waals surface area contributed by atoms with Crippen molar-refractivity contribution in [2.24, 2.45) is 0 Å². The largest absolute Gasteiger partial charge is 0.255 e. The number of halogens is 1. The van der Waals surface area contributed by atoms with Crippen molar-refractivity contribution in [3.63, 3.8) is 0 Å². The van der Waals surface area contributed by atoms with Crippen molar-refractivity contribution in [2.75, 3.05) is 0 Å². The van der Waals surface area contributed by atoms with Crippen LogP contribution in [0.4, 0.5) is 0 Å². The first-order valence-electron chi connectivity index (χ1n) is 6.17. The molecular formula is C12H13ClN6. The standard InChI is InChI=1S/C12H13ClN6/c1-3-8-5-9(4-2)18(17-8)11-6-10(13)16-12-14-7-15-19(11)12/h5-7H,3-4H2,1-2H3. The minimum absolute atomic E-state index is 0.381. The van der Waals surface area contributed by atoms with Crippen molar-refractivity contribution in [2.45, 2.75) is 26.7 Å². The van der Waals surface area contributed by atoms with Crippen LogP contribution >= 0.6 is 11.6 Å². The van der Waals surface area contributed by atoms with Crippen LogP contribution < -0.4 is 0 Å². The van der Waals surface area contributed by atoms with Gasteiger partial charge in [0.1, 0.15) is 11.5 Å². The summed E-state index contributed by atoms with van der Waals surface area (Å²) in [5, 5.41) is 9.13. The summed E-state index contributed by atoms with van der Waals surface area (Å²) in [6.45, 7) is 4.17. The van der Waals surface area contributed by atoms with Crippen molar-refractivity contribution in [3.8, 4) is 5.82 Å². The highest BCUT2D eigenvalue weighted by Crippen LogP contribution is 2.17. The Kier molecular flexibility index (Phi) is 2.94. The molecule has 19 heavy (non-hydrogen) atoms. The zero-order valence-electron chi connectivity index (χ0n) is 10.7. The molecule has 0 unspecified atom stereocenters. The average Bonchev–Trinajstić information content (AvgIpc) is 3.03. The molecule has 0 N–H and O–H groups in total. The van der Waals surface area contributed by atoms with E-state index in [1.54, 1.807) is 10.6 Å². The summed E-state index contributed by atoms with van der Waals surface area (Å²) in [6.07, 6.45) is 3.22. The zero-order chi connectivity index (χ0) is 13.4. The Morgan fingerprint density at radius 2 is 2.05 bits per heavy atom. The Morgan fingerprint density at radius 1 is 1.21 bits per heavy atom. The van der Waals surface area contributed by atoms with Crippen LogP contribution in [0.2, 0.25) is 5.15 Å². The number of hydrogen-bond acceptors (Lipinski definition) is 4. The van der Waals surface area contributed by atoms with Gasteiger partial charge in [-0.15, -0.1) is 0 Å². The fraction of sp³-hybridized carbons (Fsp3) is 0.333. The highest BCUT2D eigenvalue weighted by Gasteiger charge is 2.13. The van der Waals surface area contributed by atoms with E-state index in [4.69, 9.17) is 11.6 Å². The van der Waals surface area contributed by atoms with Gasteiger partial charge in [0.05, 0.1) is 5.69 Å².